The van der Waals surface area contributed by atoms with Gasteiger partial charge < -0.3 is 4.90 Å². The van der Waals surface area contributed by atoms with Gasteiger partial charge in [-0.1, -0.05) is 296 Å². The molecule has 0 unspecified atom stereocenters. The van der Waals surface area contributed by atoms with Gasteiger partial charge >= 0.3 is 0 Å². The smallest absolute Gasteiger partial charge is 0.0713 e. The summed E-state index contributed by atoms with van der Waals surface area (Å²) in [7, 11) is 0. The summed E-state index contributed by atoms with van der Waals surface area (Å²) in [6, 6.07) is 106. The second kappa shape index (κ2) is 20.2. The average molecular weight is 1030 g/mol. The molecule has 13 rings (SSSR count). The van der Waals surface area contributed by atoms with Crippen LogP contribution >= 0.6 is 0 Å². The minimum absolute atomic E-state index is 0.0379. The van der Waals surface area contributed by atoms with E-state index in [0.29, 0.717) is 0 Å². The molecular weight excluding hydrogens is 963 g/mol. The Morgan fingerprint density at radius 1 is 0.263 bits per heavy atom. The average Bonchev–Trinajstić information content (AvgIpc) is 3.89. The van der Waals surface area contributed by atoms with E-state index in [0.717, 1.165) is 50.4 Å². The van der Waals surface area contributed by atoms with Gasteiger partial charge in [0.1, 0.15) is 0 Å². The van der Waals surface area contributed by atoms with E-state index >= 15 is 0 Å². The first kappa shape index (κ1) is 50.2. The second-order valence-electron chi connectivity index (χ2n) is 23.6. The van der Waals surface area contributed by atoms with Gasteiger partial charge in [0.15, 0.2) is 0 Å². The summed E-state index contributed by atoms with van der Waals surface area (Å²) in [4.78, 5) is 2.56. The van der Waals surface area contributed by atoms with Gasteiger partial charge in [-0.25, -0.2) is 0 Å². The molecular formula is C79H65N. The Hall–Kier alpha value is -9.30. The first-order valence-electron chi connectivity index (χ1n) is 28.2. The summed E-state index contributed by atoms with van der Waals surface area (Å²) in [6.07, 6.45) is 0. The maximum absolute atomic E-state index is 2.56. The van der Waals surface area contributed by atoms with Crippen molar-refractivity contribution in [1.29, 1.82) is 0 Å². The van der Waals surface area contributed by atoms with Crippen LogP contribution in [-0.4, -0.2) is 0 Å². The topological polar surface area (TPSA) is 3.24 Å². The van der Waals surface area contributed by atoms with Crippen LogP contribution in [0.3, 0.4) is 0 Å². The molecule has 0 bridgehead atoms. The molecule has 0 saturated heterocycles. The van der Waals surface area contributed by atoms with Gasteiger partial charge in [-0.05, 0) is 135 Å². The van der Waals surface area contributed by atoms with Crippen molar-refractivity contribution in [3.63, 3.8) is 0 Å². The molecule has 0 fully saturated rings. The zero-order chi connectivity index (χ0) is 54.6. The molecule has 80 heavy (non-hydrogen) atoms. The van der Waals surface area contributed by atoms with Crippen molar-refractivity contribution >= 4 is 27.8 Å². The number of hydrogen-bond donors (Lipinski definition) is 0. The fraction of sp³-hybridized carbons (Fsp3) is 0.114. The molecule has 12 aromatic rings. The van der Waals surface area contributed by atoms with Crippen LogP contribution in [0.1, 0.15) is 74.9 Å². The minimum Gasteiger partial charge on any atom is -0.309 e. The zero-order valence-corrected chi connectivity index (χ0v) is 46.6. The molecule has 12 aromatic carbocycles. The molecule has 1 heteroatoms. The lowest BCUT2D eigenvalue weighted by molar-refractivity contribution is 0.569. The Morgan fingerprint density at radius 2 is 0.725 bits per heavy atom. The Balaban J connectivity index is 1.09. The van der Waals surface area contributed by atoms with Gasteiger partial charge in [0.05, 0.1) is 22.5 Å². The van der Waals surface area contributed by atoms with Crippen molar-refractivity contribution in [3.05, 3.63) is 318 Å². The highest BCUT2D eigenvalue weighted by Crippen LogP contribution is 2.58. The number of fused-ring (bicyclic) bond motifs is 4. The molecule has 0 saturated carbocycles. The molecule has 0 atom stereocenters. The largest absolute Gasteiger partial charge is 0.309 e. The van der Waals surface area contributed by atoms with Crippen molar-refractivity contribution in [2.45, 2.75) is 57.8 Å². The molecule has 0 heterocycles. The minimum atomic E-state index is -0.550. The first-order valence-corrected chi connectivity index (χ1v) is 28.2. The third-order valence-electron chi connectivity index (χ3n) is 16.7. The van der Waals surface area contributed by atoms with E-state index in [1.54, 1.807) is 0 Å². The third kappa shape index (κ3) is 8.75. The van der Waals surface area contributed by atoms with Crippen molar-refractivity contribution in [1.82, 2.24) is 0 Å². The van der Waals surface area contributed by atoms with E-state index < -0.39 is 5.41 Å². The van der Waals surface area contributed by atoms with E-state index in [1.807, 2.05) is 0 Å². The lowest BCUT2D eigenvalue weighted by atomic mass is 9.67. The molecule has 0 N–H and O–H groups in total. The number of para-hydroxylation sites is 2. The second-order valence-corrected chi connectivity index (χ2v) is 23.6. The van der Waals surface area contributed by atoms with E-state index in [-0.39, 0.29) is 10.8 Å². The Morgan fingerprint density at radius 3 is 1.34 bits per heavy atom. The summed E-state index contributed by atoms with van der Waals surface area (Å²) in [5.74, 6) is 0. The Kier molecular flexibility index (Phi) is 12.7. The summed E-state index contributed by atoms with van der Waals surface area (Å²) in [5, 5.41) is 2.44. The Labute approximate surface area is 473 Å². The molecule has 1 aliphatic carbocycles. The maximum atomic E-state index is 2.56. The lowest BCUT2D eigenvalue weighted by Gasteiger charge is -2.34. The summed E-state index contributed by atoms with van der Waals surface area (Å²) >= 11 is 0. The predicted octanol–water partition coefficient (Wildman–Crippen LogP) is 21.6. The fourth-order valence-electron chi connectivity index (χ4n) is 12.7. The quantitative estimate of drug-likeness (QED) is 0.132. The monoisotopic (exact) mass is 1030 g/mol. The van der Waals surface area contributed by atoms with Gasteiger partial charge in [0, 0.05) is 16.7 Å². The number of nitrogens with zero attached hydrogens (tertiary/aromatic N) is 1. The standard InChI is InChI=1S/C79H65N/c1-77(2,3)62-49-59(50-63(53-62)78(4,5)6)65-40-25-31-56-32-26-41-69(76(56)65)68-39-21-24-44-74(68)80(75-48-46-57(54-27-11-7-12-28-54)51-70(75)55-29-13-8-14-30-55)73-43-23-20-37-64(73)58-45-47-67-66-38-19-22-42-71(66)79(72(67)52-58,60-33-15-9-16-34-60)61-35-17-10-18-36-61/h7-53H,1-6H3. The molecule has 1 aliphatic rings. The van der Waals surface area contributed by atoms with Gasteiger partial charge in [0.25, 0.3) is 0 Å². The molecule has 0 aromatic heterocycles. The Bertz CT molecular complexity index is 4160. The lowest BCUT2D eigenvalue weighted by Crippen LogP contribution is -2.28. The first-order chi connectivity index (χ1) is 39.0. The van der Waals surface area contributed by atoms with Crippen molar-refractivity contribution < 1.29 is 0 Å². The van der Waals surface area contributed by atoms with Crippen molar-refractivity contribution in [3.8, 4) is 66.8 Å². The van der Waals surface area contributed by atoms with Gasteiger partial charge in [-0.15, -0.1) is 0 Å². The normalized spacial score (nSPS) is 12.7. The number of rotatable bonds is 10. The van der Waals surface area contributed by atoms with Crippen molar-refractivity contribution in [2.75, 3.05) is 4.90 Å². The van der Waals surface area contributed by atoms with Crippen LogP contribution in [-0.2, 0) is 16.2 Å². The number of anilines is 3. The number of hydrogen-bond acceptors (Lipinski definition) is 1. The SMILES string of the molecule is CC(C)(C)c1cc(-c2cccc3cccc(-c4ccccc4N(c4ccccc4-c4ccc5c(c4)C(c4ccccc4)(c4ccccc4)c4ccccc4-5)c4ccc(-c5ccccc5)cc4-c4ccccc4)c23)cc(C(C)(C)C)c1. The summed E-state index contributed by atoms with van der Waals surface area (Å²) in [6.45, 7) is 14.0. The van der Waals surface area contributed by atoms with E-state index in [9.17, 15) is 0 Å². The third-order valence-corrected chi connectivity index (χ3v) is 16.7. The molecule has 1 nitrogen and oxygen atoms in total. The zero-order valence-electron chi connectivity index (χ0n) is 46.6. The van der Waals surface area contributed by atoms with E-state index in [4.69, 9.17) is 0 Å². The van der Waals surface area contributed by atoms with Crippen LogP contribution in [0, 0.1) is 0 Å². The highest BCUT2D eigenvalue weighted by Gasteiger charge is 2.46. The summed E-state index contributed by atoms with van der Waals surface area (Å²) < 4.78 is 0. The van der Waals surface area contributed by atoms with Crippen molar-refractivity contribution in [2.24, 2.45) is 0 Å². The highest BCUT2D eigenvalue weighted by molar-refractivity contribution is 6.10. The van der Waals surface area contributed by atoms with Crippen LogP contribution in [0.25, 0.3) is 77.5 Å². The molecule has 0 aliphatic heterocycles. The predicted molar refractivity (Wildman–Crippen MR) is 341 cm³/mol. The van der Waals surface area contributed by atoms with E-state index in [1.165, 1.54) is 77.5 Å². The number of benzene rings is 12. The molecule has 386 valence electrons. The van der Waals surface area contributed by atoms with Crippen LogP contribution in [0.4, 0.5) is 17.1 Å². The van der Waals surface area contributed by atoms with Crippen LogP contribution < -0.4 is 4.90 Å². The fourth-order valence-corrected chi connectivity index (χ4v) is 12.7. The van der Waals surface area contributed by atoms with Crippen LogP contribution in [0.5, 0.6) is 0 Å². The van der Waals surface area contributed by atoms with Gasteiger partial charge in [-0.2, -0.15) is 0 Å². The highest BCUT2D eigenvalue weighted by atomic mass is 15.1. The van der Waals surface area contributed by atoms with Gasteiger partial charge in [-0.3, -0.25) is 0 Å². The molecule has 0 amide bonds. The molecule has 0 radical (unpaired) electrons. The van der Waals surface area contributed by atoms with E-state index in [2.05, 4.69) is 332 Å². The maximum Gasteiger partial charge on any atom is 0.0713 e. The van der Waals surface area contributed by atoms with Crippen LogP contribution in [0.2, 0.25) is 0 Å². The summed E-state index contributed by atoms with van der Waals surface area (Å²) in [5.41, 5.74) is 24.6. The van der Waals surface area contributed by atoms with Gasteiger partial charge in [0.2, 0.25) is 0 Å². The molecule has 0 spiro atoms. The van der Waals surface area contributed by atoms with Crippen LogP contribution in [0.15, 0.2) is 285 Å².